The van der Waals surface area contributed by atoms with E-state index in [2.05, 4.69) is 19.2 Å². The third-order valence-electron chi connectivity index (χ3n) is 2.67. The first-order valence-corrected chi connectivity index (χ1v) is 6.27. The Bertz CT molecular complexity index is 153. The Hall–Kier alpha value is -0.120. The molecule has 0 spiro atoms. The molecule has 90 valence electrons. The molecule has 0 radical (unpaired) electrons. The second kappa shape index (κ2) is 8.08. The zero-order chi connectivity index (χ0) is 10.9. The van der Waals surface area contributed by atoms with Crippen LogP contribution in [0.25, 0.3) is 0 Å². The van der Waals surface area contributed by atoms with Crippen LogP contribution in [0.1, 0.15) is 39.5 Å². The quantitative estimate of drug-likeness (QED) is 0.659. The summed E-state index contributed by atoms with van der Waals surface area (Å²) in [4.78, 5) is 0. The molecule has 3 heteroatoms. The van der Waals surface area contributed by atoms with E-state index in [1.165, 1.54) is 25.7 Å². The number of rotatable bonds is 7. The minimum Gasteiger partial charge on any atom is -0.379 e. The molecular formula is C12H25NO2. The highest BCUT2D eigenvalue weighted by Gasteiger charge is 2.18. The standard InChI is InChI=1S/C12H25NO2/c1-3-4-5-6-7-14-10-12-9-13-8-11(2)15-12/h11-13H,3-10H2,1-2H3/t11-,12-/m1/s1. The van der Waals surface area contributed by atoms with Crippen molar-refractivity contribution in [3.63, 3.8) is 0 Å². The van der Waals surface area contributed by atoms with Crippen LogP contribution in [0.4, 0.5) is 0 Å². The van der Waals surface area contributed by atoms with Crippen LogP contribution >= 0.6 is 0 Å². The molecule has 0 saturated carbocycles. The molecule has 0 aromatic rings. The van der Waals surface area contributed by atoms with Crippen LogP contribution in [-0.4, -0.2) is 38.5 Å². The number of unbranched alkanes of at least 4 members (excludes halogenated alkanes) is 3. The summed E-state index contributed by atoms with van der Waals surface area (Å²) in [7, 11) is 0. The van der Waals surface area contributed by atoms with E-state index in [0.717, 1.165) is 26.3 Å². The average Bonchev–Trinajstić information content (AvgIpc) is 2.23. The first-order chi connectivity index (χ1) is 7.33. The topological polar surface area (TPSA) is 30.5 Å². The molecule has 0 aromatic heterocycles. The number of ether oxygens (including phenoxy) is 2. The largest absolute Gasteiger partial charge is 0.379 e. The molecule has 0 aliphatic carbocycles. The van der Waals surface area contributed by atoms with Crippen LogP contribution in [0, 0.1) is 0 Å². The first kappa shape index (κ1) is 12.9. The van der Waals surface area contributed by atoms with Crippen molar-refractivity contribution in [2.45, 2.75) is 51.7 Å². The summed E-state index contributed by atoms with van der Waals surface area (Å²) in [6.45, 7) is 7.84. The first-order valence-electron chi connectivity index (χ1n) is 6.27. The van der Waals surface area contributed by atoms with Gasteiger partial charge >= 0.3 is 0 Å². The smallest absolute Gasteiger partial charge is 0.0936 e. The Balaban J connectivity index is 1.90. The summed E-state index contributed by atoms with van der Waals surface area (Å²) < 4.78 is 11.3. The minimum absolute atomic E-state index is 0.250. The van der Waals surface area contributed by atoms with Gasteiger partial charge in [-0.05, 0) is 13.3 Å². The van der Waals surface area contributed by atoms with E-state index in [1.807, 2.05) is 0 Å². The molecule has 0 unspecified atom stereocenters. The fraction of sp³-hybridized carbons (Fsp3) is 1.00. The van der Waals surface area contributed by atoms with Gasteiger partial charge in [-0.15, -0.1) is 0 Å². The Labute approximate surface area is 93.5 Å². The second-order valence-electron chi connectivity index (χ2n) is 4.36. The Morgan fingerprint density at radius 3 is 2.87 bits per heavy atom. The molecule has 1 fully saturated rings. The molecule has 1 aliphatic heterocycles. The maximum Gasteiger partial charge on any atom is 0.0936 e. The van der Waals surface area contributed by atoms with E-state index in [9.17, 15) is 0 Å². The molecule has 0 amide bonds. The predicted octanol–water partition coefficient (Wildman–Crippen LogP) is 1.96. The van der Waals surface area contributed by atoms with Gasteiger partial charge in [0.2, 0.25) is 0 Å². The van der Waals surface area contributed by atoms with Gasteiger partial charge in [-0.3, -0.25) is 0 Å². The number of morpholine rings is 1. The monoisotopic (exact) mass is 215 g/mol. The van der Waals surface area contributed by atoms with E-state index < -0.39 is 0 Å². The third-order valence-corrected chi connectivity index (χ3v) is 2.67. The third kappa shape index (κ3) is 6.13. The van der Waals surface area contributed by atoms with Crippen LogP contribution in [0.2, 0.25) is 0 Å². The average molecular weight is 215 g/mol. The van der Waals surface area contributed by atoms with Crippen molar-refractivity contribution >= 4 is 0 Å². The molecular weight excluding hydrogens is 190 g/mol. The zero-order valence-corrected chi connectivity index (χ0v) is 10.1. The van der Waals surface area contributed by atoms with E-state index in [-0.39, 0.29) is 6.10 Å². The van der Waals surface area contributed by atoms with Crippen LogP contribution in [0.15, 0.2) is 0 Å². The van der Waals surface area contributed by atoms with Crippen LogP contribution in [0.5, 0.6) is 0 Å². The van der Waals surface area contributed by atoms with Gasteiger partial charge in [0, 0.05) is 19.7 Å². The lowest BCUT2D eigenvalue weighted by Crippen LogP contribution is -2.45. The maximum atomic E-state index is 5.73. The molecule has 1 N–H and O–H groups in total. The van der Waals surface area contributed by atoms with Gasteiger partial charge in [-0.1, -0.05) is 26.2 Å². The van der Waals surface area contributed by atoms with Crippen LogP contribution in [0.3, 0.4) is 0 Å². The number of hydrogen-bond acceptors (Lipinski definition) is 3. The minimum atomic E-state index is 0.250. The summed E-state index contributed by atoms with van der Waals surface area (Å²) in [5.74, 6) is 0. The molecule has 1 heterocycles. The maximum absolute atomic E-state index is 5.73. The van der Waals surface area contributed by atoms with Crippen molar-refractivity contribution in [3.8, 4) is 0 Å². The van der Waals surface area contributed by atoms with Gasteiger partial charge in [0.1, 0.15) is 0 Å². The molecule has 15 heavy (non-hydrogen) atoms. The molecule has 3 nitrogen and oxygen atoms in total. The lowest BCUT2D eigenvalue weighted by molar-refractivity contribution is -0.0688. The Morgan fingerprint density at radius 1 is 1.27 bits per heavy atom. The van der Waals surface area contributed by atoms with Gasteiger partial charge in [0.15, 0.2) is 0 Å². The van der Waals surface area contributed by atoms with Crippen molar-refractivity contribution in [2.24, 2.45) is 0 Å². The van der Waals surface area contributed by atoms with E-state index >= 15 is 0 Å². The summed E-state index contributed by atoms with van der Waals surface area (Å²) in [6.07, 6.45) is 5.65. The summed E-state index contributed by atoms with van der Waals surface area (Å²) >= 11 is 0. The van der Waals surface area contributed by atoms with Gasteiger partial charge in [-0.2, -0.15) is 0 Å². The lowest BCUT2D eigenvalue weighted by atomic mass is 10.2. The van der Waals surface area contributed by atoms with Crippen molar-refractivity contribution in [3.05, 3.63) is 0 Å². The fourth-order valence-corrected chi connectivity index (χ4v) is 1.82. The highest BCUT2D eigenvalue weighted by Crippen LogP contribution is 2.04. The van der Waals surface area contributed by atoms with Gasteiger partial charge in [0.05, 0.1) is 18.8 Å². The lowest BCUT2D eigenvalue weighted by Gasteiger charge is -2.28. The van der Waals surface area contributed by atoms with Crippen LogP contribution < -0.4 is 5.32 Å². The molecule has 0 bridgehead atoms. The second-order valence-corrected chi connectivity index (χ2v) is 4.36. The number of hydrogen-bond donors (Lipinski definition) is 1. The molecule has 1 aliphatic rings. The van der Waals surface area contributed by atoms with Gasteiger partial charge in [0.25, 0.3) is 0 Å². The summed E-state index contributed by atoms with van der Waals surface area (Å²) in [5.41, 5.74) is 0. The SMILES string of the molecule is CCCCCCOC[C@H]1CNC[C@@H](C)O1. The van der Waals surface area contributed by atoms with E-state index in [1.54, 1.807) is 0 Å². The Morgan fingerprint density at radius 2 is 2.13 bits per heavy atom. The molecule has 1 rings (SSSR count). The highest BCUT2D eigenvalue weighted by atomic mass is 16.5. The molecule has 0 aromatic carbocycles. The van der Waals surface area contributed by atoms with Gasteiger partial charge < -0.3 is 14.8 Å². The normalized spacial score (nSPS) is 26.8. The molecule has 1 saturated heterocycles. The van der Waals surface area contributed by atoms with Crippen molar-refractivity contribution in [1.82, 2.24) is 5.32 Å². The summed E-state index contributed by atoms with van der Waals surface area (Å²) in [6, 6.07) is 0. The van der Waals surface area contributed by atoms with E-state index in [0.29, 0.717) is 6.10 Å². The summed E-state index contributed by atoms with van der Waals surface area (Å²) in [5, 5.41) is 3.34. The van der Waals surface area contributed by atoms with Crippen molar-refractivity contribution < 1.29 is 9.47 Å². The highest BCUT2D eigenvalue weighted by molar-refractivity contribution is 4.71. The Kier molecular flexibility index (Phi) is 6.98. The predicted molar refractivity (Wildman–Crippen MR) is 62.2 cm³/mol. The van der Waals surface area contributed by atoms with Crippen molar-refractivity contribution in [1.29, 1.82) is 0 Å². The molecule has 2 atom stereocenters. The fourth-order valence-electron chi connectivity index (χ4n) is 1.82. The number of nitrogens with one attached hydrogen (secondary N) is 1. The van der Waals surface area contributed by atoms with Gasteiger partial charge in [-0.25, -0.2) is 0 Å². The zero-order valence-electron chi connectivity index (χ0n) is 10.1. The van der Waals surface area contributed by atoms with Crippen LogP contribution in [-0.2, 0) is 9.47 Å². The van der Waals surface area contributed by atoms with E-state index in [4.69, 9.17) is 9.47 Å². The van der Waals surface area contributed by atoms with Crippen molar-refractivity contribution in [2.75, 3.05) is 26.3 Å².